The average Bonchev–Trinajstić information content (AvgIpc) is 2.75. The van der Waals surface area contributed by atoms with E-state index in [1.54, 1.807) is 0 Å². The van der Waals surface area contributed by atoms with Gasteiger partial charge < -0.3 is 29.4 Å². The molecule has 7 nitrogen and oxygen atoms in total. The molecule has 2 fully saturated rings. The minimum absolute atomic E-state index is 0.249. The Labute approximate surface area is 169 Å². The molecule has 2 heterocycles. The SMILES string of the molecule is CC(=O)N[C@@H]1[C@H](OCc2ccccc2)O[C@H]2CO[C@@H](c3ccccc3)O[C@@H]2[C@H]1O. The van der Waals surface area contributed by atoms with Crippen molar-refractivity contribution in [3.8, 4) is 0 Å². The summed E-state index contributed by atoms with van der Waals surface area (Å²) in [5, 5.41) is 13.7. The summed E-state index contributed by atoms with van der Waals surface area (Å²) in [6.45, 7) is 1.93. The number of carbonyl (C=O) groups excluding carboxylic acids is 1. The number of hydrogen-bond donors (Lipinski definition) is 2. The minimum Gasteiger partial charge on any atom is -0.388 e. The summed E-state index contributed by atoms with van der Waals surface area (Å²) in [6, 6.07) is 18.4. The van der Waals surface area contributed by atoms with E-state index in [1.165, 1.54) is 6.92 Å². The number of benzene rings is 2. The molecular weight excluding hydrogens is 374 g/mol. The van der Waals surface area contributed by atoms with Gasteiger partial charge in [0.25, 0.3) is 0 Å². The number of aliphatic hydroxyl groups is 1. The van der Waals surface area contributed by atoms with Crippen LogP contribution in [0.1, 0.15) is 24.3 Å². The largest absolute Gasteiger partial charge is 0.388 e. The smallest absolute Gasteiger partial charge is 0.217 e. The Morgan fingerprint density at radius 2 is 1.79 bits per heavy atom. The van der Waals surface area contributed by atoms with Crippen molar-refractivity contribution in [2.75, 3.05) is 6.61 Å². The van der Waals surface area contributed by atoms with Crippen molar-refractivity contribution >= 4 is 5.91 Å². The van der Waals surface area contributed by atoms with E-state index in [2.05, 4.69) is 5.32 Å². The highest BCUT2D eigenvalue weighted by atomic mass is 16.7. The van der Waals surface area contributed by atoms with Crippen LogP contribution < -0.4 is 5.32 Å². The molecule has 2 aliphatic heterocycles. The molecule has 2 N–H and O–H groups in total. The fourth-order valence-electron chi connectivity index (χ4n) is 3.65. The summed E-state index contributed by atoms with van der Waals surface area (Å²) in [5.41, 5.74) is 1.83. The van der Waals surface area contributed by atoms with Gasteiger partial charge >= 0.3 is 0 Å². The lowest BCUT2D eigenvalue weighted by atomic mass is 9.95. The molecule has 1 amide bonds. The van der Waals surface area contributed by atoms with Gasteiger partial charge in [-0.05, 0) is 5.56 Å². The Bertz CT molecular complexity index is 801. The summed E-state index contributed by atoms with van der Waals surface area (Å²) in [4.78, 5) is 11.7. The Kier molecular flexibility index (Phi) is 6.22. The zero-order valence-electron chi connectivity index (χ0n) is 16.1. The van der Waals surface area contributed by atoms with Crippen LogP contribution in [0.2, 0.25) is 0 Å². The fourth-order valence-corrected chi connectivity index (χ4v) is 3.65. The van der Waals surface area contributed by atoms with E-state index in [0.717, 1.165) is 11.1 Å². The monoisotopic (exact) mass is 399 g/mol. The molecule has 154 valence electrons. The van der Waals surface area contributed by atoms with Gasteiger partial charge in [-0.1, -0.05) is 60.7 Å². The van der Waals surface area contributed by atoms with Gasteiger partial charge in [-0.3, -0.25) is 4.79 Å². The summed E-state index contributed by atoms with van der Waals surface area (Å²) in [7, 11) is 0. The first kappa shape index (κ1) is 20.0. The summed E-state index contributed by atoms with van der Waals surface area (Å²) in [5.74, 6) is -0.281. The number of rotatable bonds is 5. The van der Waals surface area contributed by atoms with Crippen LogP contribution in [0.5, 0.6) is 0 Å². The maximum atomic E-state index is 11.7. The van der Waals surface area contributed by atoms with Crippen LogP contribution in [-0.4, -0.2) is 48.3 Å². The number of amides is 1. The van der Waals surface area contributed by atoms with Crippen LogP contribution in [-0.2, 0) is 30.3 Å². The van der Waals surface area contributed by atoms with Gasteiger partial charge in [-0.2, -0.15) is 0 Å². The number of carbonyl (C=O) groups is 1. The highest BCUT2D eigenvalue weighted by Crippen LogP contribution is 2.34. The first-order chi connectivity index (χ1) is 14.1. The first-order valence-corrected chi connectivity index (χ1v) is 9.70. The Hall–Kier alpha value is -2.29. The van der Waals surface area contributed by atoms with Crippen molar-refractivity contribution in [1.29, 1.82) is 0 Å². The van der Waals surface area contributed by atoms with Gasteiger partial charge in [0, 0.05) is 12.5 Å². The maximum absolute atomic E-state index is 11.7. The van der Waals surface area contributed by atoms with Crippen LogP contribution in [0.4, 0.5) is 0 Å². The van der Waals surface area contributed by atoms with E-state index >= 15 is 0 Å². The van der Waals surface area contributed by atoms with Gasteiger partial charge in [0.1, 0.15) is 24.4 Å². The highest BCUT2D eigenvalue weighted by Gasteiger charge is 2.50. The maximum Gasteiger partial charge on any atom is 0.217 e. The van der Waals surface area contributed by atoms with Crippen molar-refractivity contribution in [3.63, 3.8) is 0 Å². The van der Waals surface area contributed by atoms with Gasteiger partial charge in [0.05, 0.1) is 13.2 Å². The van der Waals surface area contributed by atoms with Crippen LogP contribution >= 0.6 is 0 Å². The zero-order valence-corrected chi connectivity index (χ0v) is 16.1. The Balaban J connectivity index is 1.48. The molecule has 4 rings (SSSR count). The minimum atomic E-state index is -1.01. The summed E-state index contributed by atoms with van der Waals surface area (Å²) < 4.78 is 23.8. The van der Waals surface area contributed by atoms with E-state index in [-0.39, 0.29) is 12.5 Å². The van der Waals surface area contributed by atoms with Crippen molar-refractivity contribution < 1.29 is 28.8 Å². The fraction of sp³-hybridized carbons (Fsp3) is 0.409. The van der Waals surface area contributed by atoms with E-state index < -0.39 is 36.9 Å². The summed E-state index contributed by atoms with van der Waals surface area (Å²) in [6.07, 6.45) is -3.59. The van der Waals surface area contributed by atoms with E-state index in [4.69, 9.17) is 18.9 Å². The number of hydrogen-bond acceptors (Lipinski definition) is 6. The van der Waals surface area contributed by atoms with E-state index in [9.17, 15) is 9.90 Å². The van der Waals surface area contributed by atoms with Crippen molar-refractivity contribution in [3.05, 3.63) is 71.8 Å². The molecule has 0 bridgehead atoms. The molecule has 29 heavy (non-hydrogen) atoms. The Morgan fingerprint density at radius 3 is 2.48 bits per heavy atom. The molecule has 2 aliphatic rings. The second-order valence-electron chi connectivity index (χ2n) is 7.23. The third-order valence-corrected chi connectivity index (χ3v) is 5.06. The van der Waals surface area contributed by atoms with Crippen LogP contribution in [0.3, 0.4) is 0 Å². The lowest BCUT2D eigenvalue weighted by molar-refractivity contribution is -0.345. The highest BCUT2D eigenvalue weighted by molar-refractivity contribution is 5.73. The number of fused-ring (bicyclic) bond motifs is 1. The third kappa shape index (κ3) is 4.66. The molecule has 2 aromatic rings. The van der Waals surface area contributed by atoms with Gasteiger partial charge in [-0.15, -0.1) is 0 Å². The predicted octanol–water partition coefficient (Wildman–Crippen LogP) is 1.91. The number of aliphatic hydroxyl groups excluding tert-OH is 1. The molecule has 0 spiro atoms. The molecule has 0 radical (unpaired) electrons. The lowest BCUT2D eigenvalue weighted by Crippen LogP contribution is -2.66. The molecule has 0 aliphatic carbocycles. The topological polar surface area (TPSA) is 86.3 Å². The van der Waals surface area contributed by atoms with Crippen LogP contribution in [0.15, 0.2) is 60.7 Å². The number of ether oxygens (including phenoxy) is 4. The predicted molar refractivity (Wildman–Crippen MR) is 104 cm³/mol. The van der Waals surface area contributed by atoms with Crippen molar-refractivity contribution in [2.24, 2.45) is 0 Å². The Morgan fingerprint density at radius 1 is 1.10 bits per heavy atom. The quantitative estimate of drug-likeness (QED) is 0.799. The standard InChI is InChI=1S/C22H25NO6/c1-14(24)23-18-19(25)20-17(13-27-21(29-20)16-10-6-3-7-11-16)28-22(18)26-12-15-8-4-2-5-9-15/h2-11,17-22,25H,12-13H2,1H3,(H,23,24)/t17-,18-,19-,20-,21+,22+/m0/s1. The van der Waals surface area contributed by atoms with Gasteiger partial charge in [0.2, 0.25) is 5.91 Å². The third-order valence-electron chi connectivity index (χ3n) is 5.06. The van der Waals surface area contributed by atoms with Crippen LogP contribution in [0.25, 0.3) is 0 Å². The van der Waals surface area contributed by atoms with Gasteiger partial charge in [0.15, 0.2) is 12.6 Å². The lowest BCUT2D eigenvalue weighted by Gasteiger charge is -2.47. The average molecular weight is 399 g/mol. The first-order valence-electron chi connectivity index (χ1n) is 9.70. The molecule has 0 unspecified atom stereocenters. The van der Waals surface area contributed by atoms with Crippen molar-refractivity contribution in [1.82, 2.24) is 5.32 Å². The molecule has 7 heteroatoms. The molecule has 2 aromatic carbocycles. The van der Waals surface area contributed by atoms with E-state index in [1.807, 2.05) is 60.7 Å². The van der Waals surface area contributed by atoms with Crippen molar-refractivity contribution in [2.45, 2.75) is 50.5 Å². The molecule has 6 atom stereocenters. The normalized spacial score (nSPS) is 31.7. The molecule has 0 aromatic heterocycles. The van der Waals surface area contributed by atoms with Gasteiger partial charge in [-0.25, -0.2) is 0 Å². The van der Waals surface area contributed by atoms with E-state index in [0.29, 0.717) is 6.61 Å². The summed E-state index contributed by atoms with van der Waals surface area (Å²) >= 11 is 0. The molecular formula is C22H25NO6. The van der Waals surface area contributed by atoms with Crippen LogP contribution in [0, 0.1) is 0 Å². The molecule has 0 saturated carbocycles. The second kappa shape index (κ2) is 9.02. The second-order valence-corrected chi connectivity index (χ2v) is 7.23. The molecule has 2 saturated heterocycles. The number of nitrogens with one attached hydrogen (secondary N) is 1. The zero-order chi connectivity index (χ0) is 20.2.